The van der Waals surface area contributed by atoms with Gasteiger partial charge in [0, 0.05) is 5.92 Å². The second-order valence-electron chi connectivity index (χ2n) is 7.11. The minimum Gasteiger partial charge on any atom is -0.507 e. The molecule has 1 fully saturated rings. The zero-order valence-electron chi connectivity index (χ0n) is 13.5. The fraction of sp³-hybridized carbons (Fsp3) is 0.429. The first-order valence-electron chi connectivity index (χ1n) is 8.56. The monoisotopic (exact) mass is 292 g/mol. The van der Waals surface area contributed by atoms with Crippen LogP contribution in [-0.4, -0.2) is 5.11 Å². The molecule has 0 saturated heterocycles. The number of phenolic OH excluding ortho intramolecular Hbond substituents is 1. The van der Waals surface area contributed by atoms with Gasteiger partial charge in [-0.3, -0.25) is 0 Å². The van der Waals surface area contributed by atoms with Crippen LogP contribution < -0.4 is 0 Å². The highest BCUT2D eigenvalue weighted by atomic mass is 16.3. The van der Waals surface area contributed by atoms with Gasteiger partial charge in [-0.2, -0.15) is 0 Å². The van der Waals surface area contributed by atoms with Crippen LogP contribution in [0, 0.1) is 19.8 Å². The lowest BCUT2D eigenvalue weighted by Gasteiger charge is -2.30. The van der Waals surface area contributed by atoms with Gasteiger partial charge in [-0.05, 0) is 66.3 Å². The molecule has 0 bridgehead atoms. The van der Waals surface area contributed by atoms with Crippen molar-refractivity contribution < 1.29 is 5.11 Å². The second-order valence-corrected chi connectivity index (χ2v) is 7.11. The maximum atomic E-state index is 10.5. The summed E-state index contributed by atoms with van der Waals surface area (Å²) in [7, 11) is 0. The van der Waals surface area contributed by atoms with E-state index in [-0.39, 0.29) is 0 Å². The summed E-state index contributed by atoms with van der Waals surface area (Å²) in [4.78, 5) is 0. The molecule has 0 amide bonds. The first-order valence-corrected chi connectivity index (χ1v) is 8.56. The van der Waals surface area contributed by atoms with Gasteiger partial charge in [0.05, 0.1) is 0 Å². The van der Waals surface area contributed by atoms with Crippen LogP contribution in [0.3, 0.4) is 0 Å². The highest BCUT2D eigenvalue weighted by Gasteiger charge is 2.43. The zero-order valence-corrected chi connectivity index (χ0v) is 13.5. The first-order chi connectivity index (χ1) is 10.7. The second kappa shape index (κ2) is 5.15. The Balaban J connectivity index is 1.94. The number of hydrogen-bond donors (Lipinski definition) is 1. The molecule has 22 heavy (non-hydrogen) atoms. The van der Waals surface area contributed by atoms with E-state index in [0.717, 1.165) is 11.1 Å². The van der Waals surface area contributed by atoms with Crippen LogP contribution in [0.4, 0.5) is 0 Å². The van der Waals surface area contributed by atoms with Crippen LogP contribution in [0.2, 0.25) is 0 Å². The van der Waals surface area contributed by atoms with Crippen molar-refractivity contribution >= 4 is 0 Å². The third kappa shape index (κ3) is 1.91. The molecule has 1 saturated carbocycles. The molecule has 2 aliphatic rings. The lowest BCUT2D eigenvalue weighted by molar-refractivity contribution is 0.308. The summed E-state index contributed by atoms with van der Waals surface area (Å²) in [5.41, 5.74) is 6.51. The minimum absolute atomic E-state index is 0.466. The van der Waals surface area contributed by atoms with Crippen molar-refractivity contribution in [2.24, 2.45) is 5.92 Å². The zero-order chi connectivity index (χ0) is 15.3. The smallest absolute Gasteiger partial charge is 0.121 e. The van der Waals surface area contributed by atoms with E-state index in [1.54, 1.807) is 0 Å². The van der Waals surface area contributed by atoms with Gasteiger partial charge in [-0.15, -0.1) is 0 Å². The minimum atomic E-state index is 0.466. The summed E-state index contributed by atoms with van der Waals surface area (Å²) in [6, 6.07) is 13.2. The number of phenols is 1. The number of hydrogen-bond acceptors (Lipinski definition) is 1. The predicted molar refractivity (Wildman–Crippen MR) is 90.6 cm³/mol. The van der Waals surface area contributed by atoms with Gasteiger partial charge in [0.15, 0.2) is 0 Å². The van der Waals surface area contributed by atoms with E-state index in [9.17, 15) is 5.11 Å². The van der Waals surface area contributed by atoms with Gasteiger partial charge in [-0.25, -0.2) is 0 Å². The van der Waals surface area contributed by atoms with Crippen LogP contribution in [0.5, 0.6) is 5.75 Å². The molecular formula is C21H24O. The standard InChI is InChI=1S/C21H24O/c1-13-12-18-16-10-6-7-11-17(16)20(15-8-4-3-5-9-15)19(18)14(2)21(13)22/h3-5,8-9,12,16-17,20,22H,6-7,10-11H2,1-2H3/t16-,17-,20+/m0/s1. The molecule has 2 aliphatic carbocycles. The molecular weight excluding hydrogens is 268 g/mol. The Kier molecular flexibility index (Phi) is 3.25. The molecule has 0 unspecified atom stereocenters. The molecule has 4 rings (SSSR count). The molecule has 3 atom stereocenters. The van der Waals surface area contributed by atoms with Crippen LogP contribution in [0.15, 0.2) is 36.4 Å². The van der Waals surface area contributed by atoms with Gasteiger partial charge in [0.2, 0.25) is 0 Å². The predicted octanol–water partition coefficient (Wildman–Crippen LogP) is 5.43. The normalized spacial score (nSPS) is 26.5. The summed E-state index contributed by atoms with van der Waals surface area (Å²) in [5, 5.41) is 10.5. The molecule has 0 radical (unpaired) electrons. The van der Waals surface area contributed by atoms with Gasteiger partial charge in [-0.1, -0.05) is 49.2 Å². The van der Waals surface area contributed by atoms with Gasteiger partial charge < -0.3 is 5.11 Å². The van der Waals surface area contributed by atoms with Crippen molar-refractivity contribution in [1.29, 1.82) is 0 Å². The largest absolute Gasteiger partial charge is 0.507 e. The van der Waals surface area contributed by atoms with Crippen LogP contribution in [-0.2, 0) is 0 Å². The van der Waals surface area contributed by atoms with Crippen LogP contribution >= 0.6 is 0 Å². The highest BCUT2D eigenvalue weighted by molar-refractivity contribution is 5.57. The molecule has 0 aromatic heterocycles. The Hall–Kier alpha value is -1.76. The summed E-state index contributed by atoms with van der Waals surface area (Å²) < 4.78 is 0. The summed E-state index contributed by atoms with van der Waals surface area (Å²) in [6.45, 7) is 4.14. The van der Waals surface area contributed by atoms with Gasteiger partial charge >= 0.3 is 0 Å². The van der Waals surface area contributed by atoms with Crippen LogP contribution in [0.1, 0.15) is 65.3 Å². The SMILES string of the molecule is Cc1cc2c(c(C)c1O)[C@H](c1ccccc1)[C@H]1CCCC[C@H]21. The van der Waals surface area contributed by atoms with E-state index in [1.807, 2.05) is 6.92 Å². The molecule has 0 aliphatic heterocycles. The fourth-order valence-corrected chi connectivity index (χ4v) is 4.97. The summed E-state index contributed by atoms with van der Waals surface area (Å²) >= 11 is 0. The third-order valence-electron chi connectivity index (χ3n) is 5.93. The van der Waals surface area contributed by atoms with E-state index in [1.165, 1.54) is 42.4 Å². The molecule has 1 N–H and O–H groups in total. The Morgan fingerprint density at radius 3 is 2.50 bits per heavy atom. The molecule has 1 heteroatoms. The maximum absolute atomic E-state index is 10.5. The van der Waals surface area contributed by atoms with E-state index in [4.69, 9.17) is 0 Å². The quantitative estimate of drug-likeness (QED) is 0.743. The molecule has 0 spiro atoms. The molecule has 0 heterocycles. The Bertz CT molecular complexity index is 702. The molecule has 114 valence electrons. The maximum Gasteiger partial charge on any atom is 0.121 e. The third-order valence-corrected chi connectivity index (χ3v) is 5.93. The summed E-state index contributed by atoms with van der Waals surface area (Å²) in [5.74, 6) is 2.37. The lowest BCUT2D eigenvalue weighted by Crippen LogP contribution is -2.17. The Labute approximate surface area is 133 Å². The Morgan fingerprint density at radius 1 is 1.00 bits per heavy atom. The number of aromatic hydroxyl groups is 1. The van der Waals surface area contributed by atoms with Crippen molar-refractivity contribution in [3.8, 4) is 5.75 Å². The van der Waals surface area contributed by atoms with E-state index in [0.29, 0.717) is 23.5 Å². The number of rotatable bonds is 1. The highest BCUT2D eigenvalue weighted by Crippen LogP contribution is 2.57. The first kappa shape index (κ1) is 13.9. The topological polar surface area (TPSA) is 20.2 Å². The van der Waals surface area contributed by atoms with Crippen molar-refractivity contribution in [2.75, 3.05) is 0 Å². The van der Waals surface area contributed by atoms with Crippen molar-refractivity contribution in [2.45, 2.75) is 51.4 Å². The van der Waals surface area contributed by atoms with E-state index >= 15 is 0 Å². The van der Waals surface area contributed by atoms with Crippen molar-refractivity contribution in [1.82, 2.24) is 0 Å². The van der Waals surface area contributed by atoms with Gasteiger partial charge in [0.25, 0.3) is 0 Å². The molecule has 2 aromatic rings. The average molecular weight is 292 g/mol. The average Bonchev–Trinajstić information content (AvgIpc) is 2.88. The summed E-state index contributed by atoms with van der Waals surface area (Å²) in [6.07, 6.45) is 5.33. The van der Waals surface area contributed by atoms with Crippen molar-refractivity contribution in [3.05, 3.63) is 64.2 Å². The Morgan fingerprint density at radius 2 is 1.73 bits per heavy atom. The van der Waals surface area contributed by atoms with E-state index < -0.39 is 0 Å². The number of benzene rings is 2. The van der Waals surface area contributed by atoms with Crippen molar-refractivity contribution in [3.63, 3.8) is 0 Å². The lowest BCUT2D eigenvalue weighted by atomic mass is 9.74. The molecule has 2 aromatic carbocycles. The van der Waals surface area contributed by atoms with Crippen LogP contribution in [0.25, 0.3) is 0 Å². The van der Waals surface area contributed by atoms with E-state index in [2.05, 4.69) is 43.3 Å². The fourth-order valence-electron chi connectivity index (χ4n) is 4.97. The number of fused-ring (bicyclic) bond motifs is 3. The number of aryl methyl sites for hydroxylation is 1. The molecule has 1 nitrogen and oxygen atoms in total. The van der Waals surface area contributed by atoms with Gasteiger partial charge in [0.1, 0.15) is 5.75 Å².